The Morgan fingerprint density at radius 2 is 2.08 bits per heavy atom. The standard InChI is InChI=1S/C19H23FN2O2/c20-16-8-6-15(7-9-16)18-5-1-2-11-22(18)12-10-19(23)21-14-17-4-3-13-24-17/h3-4,6-9,13,18H,1-2,5,10-12,14H2,(H,21,23). The van der Waals surface area contributed by atoms with Gasteiger partial charge in [-0.2, -0.15) is 0 Å². The molecule has 1 unspecified atom stereocenters. The highest BCUT2D eigenvalue weighted by molar-refractivity contribution is 5.75. The molecule has 0 bridgehead atoms. The Morgan fingerprint density at radius 1 is 1.25 bits per heavy atom. The molecule has 1 aromatic heterocycles. The van der Waals surface area contributed by atoms with Gasteiger partial charge in [-0.1, -0.05) is 18.6 Å². The maximum Gasteiger partial charge on any atom is 0.221 e. The number of furan rings is 1. The predicted molar refractivity (Wildman–Crippen MR) is 89.7 cm³/mol. The average Bonchev–Trinajstić information content (AvgIpc) is 3.13. The minimum Gasteiger partial charge on any atom is -0.467 e. The van der Waals surface area contributed by atoms with Gasteiger partial charge < -0.3 is 9.73 Å². The van der Waals surface area contributed by atoms with Crippen LogP contribution in [0.4, 0.5) is 4.39 Å². The lowest BCUT2D eigenvalue weighted by molar-refractivity contribution is -0.121. The molecule has 3 rings (SSSR count). The largest absolute Gasteiger partial charge is 0.467 e. The molecule has 0 radical (unpaired) electrons. The zero-order chi connectivity index (χ0) is 16.8. The van der Waals surface area contributed by atoms with Gasteiger partial charge in [0.1, 0.15) is 11.6 Å². The summed E-state index contributed by atoms with van der Waals surface area (Å²) in [6.07, 6.45) is 5.43. The number of amides is 1. The number of nitrogens with one attached hydrogen (secondary N) is 1. The van der Waals surface area contributed by atoms with Gasteiger partial charge in [0, 0.05) is 19.0 Å². The highest BCUT2D eigenvalue weighted by Gasteiger charge is 2.24. The van der Waals surface area contributed by atoms with Crippen LogP contribution in [-0.4, -0.2) is 23.9 Å². The first-order valence-electron chi connectivity index (χ1n) is 8.51. The minimum absolute atomic E-state index is 0.0230. The van der Waals surface area contributed by atoms with E-state index in [1.165, 1.54) is 18.6 Å². The van der Waals surface area contributed by atoms with E-state index in [0.717, 1.165) is 30.7 Å². The Morgan fingerprint density at radius 3 is 2.83 bits per heavy atom. The summed E-state index contributed by atoms with van der Waals surface area (Å²) in [5, 5.41) is 2.88. The molecule has 0 aliphatic carbocycles. The first-order valence-corrected chi connectivity index (χ1v) is 8.51. The fourth-order valence-electron chi connectivity index (χ4n) is 3.25. The zero-order valence-electron chi connectivity index (χ0n) is 13.7. The van der Waals surface area contributed by atoms with E-state index in [1.54, 1.807) is 6.26 Å². The van der Waals surface area contributed by atoms with Crippen molar-refractivity contribution in [3.05, 3.63) is 59.8 Å². The summed E-state index contributed by atoms with van der Waals surface area (Å²) in [5.74, 6) is 0.568. The van der Waals surface area contributed by atoms with Gasteiger partial charge in [-0.3, -0.25) is 9.69 Å². The van der Waals surface area contributed by atoms with Crippen LogP contribution in [0.2, 0.25) is 0 Å². The molecular weight excluding hydrogens is 307 g/mol. The van der Waals surface area contributed by atoms with Crippen LogP contribution in [0.3, 0.4) is 0 Å². The first kappa shape index (κ1) is 16.7. The summed E-state index contributed by atoms with van der Waals surface area (Å²) in [6.45, 7) is 2.12. The molecule has 1 amide bonds. The van der Waals surface area contributed by atoms with Crippen molar-refractivity contribution in [2.24, 2.45) is 0 Å². The molecule has 4 nitrogen and oxygen atoms in total. The Balaban J connectivity index is 1.52. The third kappa shape index (κ3) is 4.45. The highest BCUT2D eigenvalue weighted by atomic mass is 19.1. The molecule has 1 aromatic carbocycles. The number of hydrogen-bond acceptors (Lipinski definition) is 3. The van der Waals surface area contributed by atoms with Gasteiger partial charge in [0.2, 0.25) is 5.91 Å². The SMILES string of the molecule is O=C(CCN1CCCCC1c1ccc(F)cc1)NCc1ccco1. The van der Waals surface area contributed by atoms with E-state index >= 15 is 0 Å². The second-order valence-corrected chi connectivity index (χ2v) is 6.21. The Bertz CT molecular complexity index is 640. The van der Waals surface area contributed by atoms with Crippen molar-refractivity contribution in [1.82, 2.24) is 10.2 Å². The molecule has 0 spiro atoms. The van der Waals surface area contributed by atoms with E-state index in [4.69, 9.17) is 4.42 Å². The summed E-state index contributed by atoms with van der Waals surface area (Å²) in [7, 11) is 0. The van der Waals surface area contributed by atoms with Crippen LogP contribution in [0.1, 0.15) is 43.0 Å². The van der Waals surface area contributed by atoms with Gasteiger partial charge in [-0.05, 0) is 49.2 Å². The molecule has 2 heterocycles. The number of rotatable bonds is 6. The van der Waals surface area contributed by atoms with E-state index in [0.29, 0.717) is 19.5 Å². The van der Waals surface area contributed by atoms with Crippen molar-refractivity contribution in [2.45, 2.75) is 38.3 Å². The zero-order valence-corrected chi connectivity index (χ0v) is 13.7. The summed E-state index contributed by atoms with van der Waals surface area (Å²) >= 11 is 0. The summed E-state index contributed by atoms with van der Waals surface area (Å²) in [6, 6.07) is 10.7. The predicted octanol–water partition coefficient (Wildman–Crippen LogP) is 3.65. The van der Waals surface area contributed by atoms with Crippen LogP contribution in [0.25, 0.3) is 0 Å². The molecule has 1 fully saturated rings. The van der Waals surface area contributed by atoms with Crippen molar-refractivity contribution >= 4 is 5.91 Å². The number of benzene rings is 1. The number of carbonyl (C=O) groups is 1. The van der Waals surface area contributed by atoms with Gasteiger partial charge in [0.15, 0.2) is 0 Å². The smallest absolute Gasteiger partial charge is 0.221 e. The van der Waals surface area contributed by atoms with Crippen molar-refractivity contribution in [3.63, 3.8) is 0 Å². The summed E-state index contributed by atoms with van der Waals surface area (Å²) in [4.78, 5) is 14.4. The summed E-state index contributed by atoms with van der Waals surface area (Å²) in [5.41, 5.74) is 1.13. The van der Waals surface area contributed by atoms with Gasteiger partial charge in [-0.15, -0.1) is 0 Å². The average molecular weight is 330 g/mol. The lowest BCUT2D eigenvalue weighted by Gasteiger charge is -2.36. The second kappa shape index (κ2) is 8.11. The fourth-order valence-corrected chi connectivity index (χ4v) is 3.25. The van der Waals surface area contributed by atoms with E-state index < -0.39 is 0 Å². The van der Waals surface area contributed by atoms with Crippen LogP contribution < -0.4 is 5.32 Å². The van der Waals surface area contributed by atoms with E-state index in [1.807, 2.05) is 24.3 Å². The number of nitrogens with zero attached hydrogens (tertiary/aromatic N) is 1. The first-order chi connectivity index (χ1) is 11.7. The number of hydrogen-bond donors (Lipinski definition) is 1. The van der Waals surface area contributed by atoms with Crippen molar-refractivity contribution < 1.29 is 13.6 Å². The van der Waals surface area contributed by atoms with Gasteiger partial charge in [0.05, 0.1) is 12.8 Å². The molecule has 0 saturated carbocycles. The monoisotopic (exact) mass is 330 g/mol. The number of carbonyl (C=O) groups excluding carboxylic acids is 1. The van der Waals surface area contributed by atoms with Crippen LogP contribution in [0.5, 0.6) is 0 Å². The van der Waals surface area contributed by atoms with Crippen LogP contribution in [0, 0.1) is 5.82 Å². The van der Waals surface area contributed by atoms with Crippen molar-refractivity contribution in [1.29, 1.82) is 0 Å². The molecule has 1 saturated heterocycles. The quantitative estimate of drug-likeness (QED) is 0.879. The minimum atomic E-state index is -0.210. The number of piperidine rings is 1. The van der Waals surface area contributed by atoms with E-state index in [2.05, 4.69) is 10.2 Å². The topological polar surface area (TPSA) is 45.5 Å². The molecule has 2 aromatic rings. The maximum absolute atomic E-state index is 13.1. The second-order valence-electron chi connectivity index (χ2n) is 6.21. The van der Waals surface area contributed by atoms with Crippen LogP contribution >= 0.6 is 0 Å². The van der Waals surface area contributed by atoms with E-state index in [9.17, 15) is 9.18 Å². The normalized spacial score (nSPS) is 18.5. The Labute approximate surface area is 141 Å². The van der Waals surface area contributed by atoms with Gasteiger partial charge in [0.25, 0.3) is 0 Å². The van der Waals surface area contributed by atoms with Crippen molar-refractivity contribution in [2.75, 3.05) is 13.1 Å². The molecule has 5 heteroatoms. The molecule has 1 N–H and O–H groups in total. The van der Waals surface area contributed by atoms with Gasteiger partial charge in [-0.25, -0.2) is 4.39 Å². The molecular formula is C19H23FN2O2. The Hall–Kier alpha value is -2.14. The number of halogens is 1. The molecule has 24 heavy (non-hydrogen) atoms. The highest BCUT2D eigenvalue weighted by Crippen LogP contribution is 2.30. The van der Waals surface area contributed by atoms with E-state index in [-0.39, 0.29) is 17.8 Å². The Kier molecular flexibility index (Phi) is 5.64. The number of likely N-dealkylation sites (tertiary alicyclic amines) is 1. The van der Waals surface area contributed by atoms with Crippen LogP contribution in [0.15, 0.2) is 47.1 Å². The van der Waals surface area contributed by atoms with Crippen molar-refractivity contribution in [3.8, 4) is 0 Å². The fraction of sp³-hybridized carbons (Fsp3) is 0.421. The molecule has 1 aliphatic heterocycles. The lowest BCUT2D eigenvalue weighted by atomic mass is 9.95. The lowest BCUT2D eigenvalue weighted by Crippen LogP contribution is -2.36. The third-order valence-electron chi connectivity index (χ3n) is 4.53. The molecule has 128 valence electrons. The molecule has 1 atom stereocenters. The molecule has 1 aliphatic rings. The third-order valence-corrected chi connectivity index (χ3v) is 4.53. The van der Waals surface area contributed by atoms with Gasteiger partial charge >= 0.3 is 0 Å². The summed E-state index contributed by atoms with van der Waals surface area (Å²) < 4.78 is 18.3. The maximum atomic E-state index is 13.1. The van der Waals surface area contributed by atoms with Crippen LogP contribution in [-0.2, 0) is 11.3 Å².